The number of nitrogens with one attached hydrogen (secondary N) is 1. The molecule has 0 fully saturated rings. The van der Waals surface area contributed by atoms with E-state index in [1.54, 1.807) is 6.92 Å². The van der Waals surface area contributed by atoms with Crippen LogP contribution in [0.15, 0.2) is 10.8 Å². The molecule has 0 saturated heterocycles. The van der Waals surface area contributed by atoms with Crippen molar-refractivity contribution < 1.29 is 9.21 Å². The van der Waals surface area contributed by atoms with Crippen molar-refractivity contribution in [3.8, 4) is 0 Å². The summed E-state index contributed by atoms with van der Waals surface area (Å²) in [6, 6.07) is -0.475. The first-order valence-electron chi connectivity index (χ1n) is 4.94. The fraction of sp³-hybridized carbons (Fsp3) is 0.600. The number of carbonyl (C=O) groups excluding carboxylic acids is 1. The maximum absolute atomic E-state index is 11.5. The van der Waals surface area contributed by atoms with Crippen molar-refractivity contribution in [2.45, 2.75) is 33.4 Å². The van der Waals surface area contributed by atoms with E-state index in [4.69, 9.17) is 10.2 Å². The first kappa shape index (κ1) is 14.9. The van der Waals surface area contributed by atoms with Gasteiger partial charge in [0.05, 0.1) is 12.6 Å². The van der Waals surface area contributed by atoms with Crippen LogP contribution in [0.1, 0.15) is 25.3 Å². The Morgan fingerprint density at radius 1 is 1.62 bits per heavy atom. The van der Waals surface area contributed by atoms with Crippen molar-refractivity contribution in [2.24, 2.45) is 11.7 Å². The van der Waals surface area contributed by atoms with Crippen molar-refractivity contribution >= 4 is 18.3 Å². The number of nitrogens with two attached hydrogens (primary N) is 1. The molecule has 1 rings (SSSR count). The second-order valence-electron chi connectivity index (χ2n) is 3.84. The first-order valence-corrected chi connectivity index (χ1v) is 4.94. The van der Waals surface area contributed by atoms with Gasteiger partial charge in [0.1, 0.15) is 11.5 Å². The van der Waals surface area contributed by atoms with E-state index in [9.17, 15) is 4.79 Å². The molecule has 16 heavy (non-hydrogen) atoms. The number of aromatic nitrogens is 1. The van der Waals surface area contributed by atoms with E-state index in [-0.39, 0.29) is 24.2 Å². The molecule has 1 aromatic heterocycles. The Bertz CT molecular complexity index is 339. The first-order chi connectivity index (χ1) is 7.02. The van der Waals surface area contributed by atoms with Crippen LogP contribution in [0.4, 0.5) is 0 Å². The van der Waals surface area contributed by atoms with Crippen LogP contribution < -0.4 is 11.1 Å². The topological polar surface area (TPSA) is 81.2 Å². The van der Waals surface area contributed by atoms with Gasteiger partial charge in [-0.15, -0.1) is 12.4 Å². The fourth-order valence-corrected chi connectivity index (χ4v) is 1.09. The summed E-state index contributed by atoms with van der Waals surface area (Å²) in [4.78, 5) is 15.5. The number of carbonyl (C=O) groups is 1. The summed E-state index contributed by atoms with van der Waals surface area (Å²) in [5, 5.41) is 2.72. The van der Waals surface area contributed by atoms with Crippen molar-refractivity contribution in [3.63, 3.8) is 0 Å². The molecule has 1 aromatic rings. The van der Waals surface area contributed by atoms with Gasteiger partial charge in [-0.1, -0.05) is 13.8 Å². The van der Waals surface area contributed by atoms with Gasteiger partial charge in [-0.3, -0.25) is 4.79 Å². The normalized spacial score (nSPS) is 12.1. The van der Waals surface area contributed by atoms with Crippen LogP contribution in [0, 0.1) is 12.8 Å². The van der Waals surface area contributed by atoms with E-state index in [2.05, 4.69) is 10.3 Å². The van der Waals surface area contributed by atoms with Gasteiger partial charge >= 0.3 is 0 Å². The lowest BCUT2D eigenvalue weighted by Gasteiger charge is -2.14. The number of rotatable bonds is 4. The van der Waals surface area contributed by atoms with E-state index in [1.165, 1.54) is 6.39 Å². The molecule has 0 aromatic carbocycles. The summed E-state index contributed by atoms with van der Waals surface area (Å²) < 4.78 is 5.01. The van der Waals surface area contributed by atoms with Gasteiger partial charge in [-0.05, 0) is 12.8 Å². The van der Waals surface area contributed by atoms with Crippen molar-refractivity contribution in [1.29, 1.82) is 0 Å². The summed E-state index contributed by atoms with van der Waals surface area (Å²) in [5.74, 6) is 0.684. The van der Waals surface area contributed by atoms with Gasteiger partial charge in [0, 0.05) is 0 Å². The predicted molar refractivity (Wildman–Crippen MR) is 63.1 cm³/mol. The summed E-state index contributed by atoms with van der Waals surface area (Å²) in [5.41, 5.74) is 6.42. The van der Waals surface area contributed by atoms with Gasteiger partial charge in [-0.25, -0.2) is 4.98 Å². The van der Waals surface area contributed by atoms with Crippen LogP contribution in [-0.4, -0.2) is 16.9 Å². The fourth-order valence-electron chi connectivity index (χ4n) is 1.09. The standard InChI is InChI=1S/C10H17N3O2.ClH/c1-6(2)9(11)10(14)12-4-8-7(3)15-5-13-8;/h5-6,9H,4,11H2,1-3H3,(H,12,14);1H/t9-;/m1./s1. The SMILES string of the molecule is Cc1ocnc1CNC(=O)[C@H](N)C(C)C.Cl. The van der Waals surface area contributed by atoms with E-state index >= 15 is 0 Å². The molecule has 92 valence electrons. The largest absolute Gasteiger partial charge is 0.448 e. The minimum Gasteiger partial charge on any atom is -0.448 e. The number of nitrogens with zero attached hydrogens (tertiary/aromatic N) is 1. The number of hydrogen-bond acceptors (Lipinski definition) is 4. The molecule has 0 aliphatic heterocycles. The third kappa shape index (κ3) is 3.83. The summed E-state index contributed by atoms with van der Waals surface area (Å²) in [7, 11) is 0. The molecule has 0 aliphatic rings. The van der Waals surface area contributed by atoms with Gasteiger partial charge in [0.25, 0.3) is 0 Å². The Morgan fingerprint density at radius 2 is 2.25 bits per heavy atom. The highest BCUT2D eigenvalue weighted by atomic mass is 35.5. The lowest BCUT2D eigenvalue weighted by molar-refractivity contribution is -0.123. The molecule has 0 radical (unpaired) electrons. The quantitative estimate of drug-likeness (QED) is 0.832. The second-order valence-corrected chi connectivity index (χ2v) is 3.84. The molecule has 0 saturated carbocycles. The highest BCUT2D eigenvalue weighted by Crippen LogP contribution is 2.04. The van der Waals surface area contributed by atoms with Crippen LogP contribution in [0.3, 0.4) is 0 Å². The molecule has 0 unspecified atom stereocenters. The molecule has 1 heterocycles. The van der Waals surface area contributed by atoms with Crippen LogP contribution in [-0.2, 0) is 11.3 Å². The minimum atomic E-state index is -0.475. The molecular weight excluding hydrogens is 230 g/mol. The molecular formula is C10H18ClN3O2. The van der Waals surface area contributed by atoms with Crippen LogP contribution in [0.5, 0.6) is 0 Å². The van der Waals surface area contributed by atoms with Gasteiger partial charge in [-0.2, -0.15) is 0 Å². The zero-order valence-electron chi connectivity index (χ0n) is 9.69. The average Bonchev–Trinajstić information content (AvgIpc) is 2.59. The highest BCUT2D eigenvalue weighted by molar-refractivity contribution is 5.85. The zero-order valence-corrected chi connectivity index (χ0v) is 10.5. The molecule has 3 N–H and O–H groups in total. The van der Waals surface area contributed by atoms with E-state index in [0.29, 0.717) is 12.3 Å². The number of aryl methyl sites for hydroxylation is 1. The molecule has 1 amide bonds. The highest BCUT2D eigenvalue weighted by Gasteiger charge is 2.17. The van der Waals surface area contributed by atoms with Gasteiger partial charge in [0.2, 0.25) is 5.91 Å². The Labute approximate surface area is 101 Å². The third-order valence-corrected chi connectivity index (χ3v) is 2.30. The summed E-state index contributed by atoms with van der Waals surface area (Å²) in [6.45, 7) is 5.98. The monoisotopic (exact) mass is 247 g/mol. The van der Waals surface area contributed by atoms with Crippen molar-refractivity contribution in [1.82, 2.24) is 10.3 Å². The van der Waals surface area contributed by atoms with Gasteiger partial charge in [0.15, 0.2) is 6.39 Å². The van der Waals surface area contributed by atoms with Crippen LogP contribution >= 0.6 is 12.4 Å². The van der Waals surface area contributed by atoms with Crippen molar-refractivity contribution in [2.75, 3.05) is 0 Å². The lowest BCUT2D eigenvalue weighted by atomic mass is 10.1. The minimum absolute atomic E-state index is 0. The smallest absolute Gasteiger partial charge is 0.237 e. The molecule has 1 atom stereocenters. The molecule has 5 nitrogen and oxygen atoms in total. The summed E-state index contributed by atoms with van der Waals surface area (Å²) >= 11 is 0. The third-order valence-electron chi connectivity index (χ3n) is 2.30. The Morgan fingerprint density at radius 3 is 2.69 bits per heavy atom. The lowest BCUT2D eigenvalue weighted by Crippen LogP contribution is -2.43. The Kier molecular flexibility index (Phi) is 6.06. The predicted octanol–water partition coefficient (Wildman–Crippen LogP) is 1.00. The van der Waals surface area contributed by atoms with Crippen LogP contribution in [0.25, 0.3) is 0 Å². The number of hydrogen-bond donors (Lipinski definition) is 2. The number of oxazole rings is 1. The number of amides is 1. The van der Waals surface area contributed by atoms with E-state index < -0.39 is 6.04 Å². The molecule has 0 bridgehead atoms. The second kappa shape index (κ2) is 6.50. The maximum atomic E-state index is 11.5. The molecule has 6 heteroatoms. The Balaban J connectivity index is 0.00000225. The summed E-state index contributed by atoms with van der Waals surface area (Å²) in [6.07, 6.45) is 1.36. The molecule has 0 aliphatic carbocycles. The van der Waals surface area contributed by atoms with Crippen molar-refractivity contribution in [3.05, 3.63) is 17.8 Å². The van der Waals surface area contributed by atoms with E-state index in [1.807, 2.05) is 13.8 Å². The Hall–Kier alpha value is -1.07. The van der Waals surface area contributed by atoms with Crippen LogP contribution in [0.2, 0.25) is 0 Å². The average molecular weight is 248 g/mol. The van der Waals surface area contributed by atoms with E-state index in [0.717, 1.165) is 5.69 Å². The maximum Gasteiger partial charge on any atom is 0.237 e. The zero-order chi connectivity index (χ0) is 11.4. The van der Waals surface area contributed by atoms with Gasteiger partial charge < -0.3 is 15.5 Å². The molecule has 0 spiro atoms. The number of halogens is 1.